The Morgan fingerprint density at radius 3 is 3.05 bits per heavy atom. The molecule has 0 radical (unpaired) electrons. The molecule has 0 spiro atoms. The molecule has 0 amide bonds. The molecule has 1 fully saturated rings. The van der Waals surface area contributed by atoms with Crippen molar-refractivity contribution in [2.45, 2.75) is 19.1 Å². The van der Waals surface area contributed by atoms with E-state index in [1.165, 1.54) is 0 Å². The summed E-state index contributed by atoms with van der Waals surface area (Å²) in [6, 6.07) is 5.93. The number of likely N-dealkylation sites (N-methyl/N-ethyl adjacent to an activating group) is 1. The van der Waals surface area contributed by atoms with Gasteiger partial charge in [-0.2, -0.15) is 0 Å². The molecule has 1 heterocycles. The lowest BCUT2D eigenvalue weighted by Crippen LogP contribution is -2.42. The van der Waals surface area contributed by atoms with Crippen LogP contribution in [0.15, 0.2) is 18.2 Å². The molecule has 1 aliphatic rings. The fraction of sp³-hybridized carbons (Fsp3) is 0.600. The van der Waals surface area contributed by atoms with Crippen LogP contribution in [0.3, 0.4) is 0 Å². The third kappa shape index (κ3) is 4.09. The van der Waals surface area contributed by atoms with Gasteiger partial charge in [-0.3, -0.25) is 0 Å². The number of nitrogens with zero attached hydrogens (tertiary/aromatic N) is 1. The minimum Gasteiger partial charge on any atom is -0.490 e. The van der Waals surface area contributed by atoms with E-state index in [4.69, 9.17) is 21.1 Å². The molecule has 20 heavy (non-hydrogen) atoms. The molecule has 4 nitrogen and oxygen atoms in total. The predicted octanol–water partition coefficient (Wildman–Crippen LogP) is 2.33. The van der Waals surface area contributed by atoms with Crippen molar-refractivity contribution in [2.24, 2.45) is 0 Å². The van der Waals surface area contributed by atoms with Crippen molar-refractivity contribution in [3.63, 3.8) is 0 Å². The van der Waals surface area contributed by atoms with Crippen LogP contribution in [0, 0.1) is 0 Å². The van der Waals surface area contributed by atoms with E-state index in [2.05, 4.69) is 24.2 Å². The average molecular weight is 299 g/mol. The van der Waals surface area contributed by atoms with Crippen LogP contribution in [-0.4, -0.2) is 51.4 Å². The Kier molecular flexibility index (Phi) is 5.66. The number of ether oxygens (including phenoxy) is 2. The number of rotatable bonds is 5. The van der Waals surface area contributed by atoms with Gasteiger partial charge in [-0.15, -0.1) is 0 Å². The lowest BCUT2D eigenvalue weighted by atomic mass is 10.1. The highest BCUT2D eigenvalue weighted by Gasteiger charge is 2.19. The summed E-state index contributed by atoms with van der Waals surface area (Å²) >= 11 is 6.07. The Morgan fingerprint density at radius 1 is 1.55 bits per heavy atom. The third-order valence-corrected chi connectivity index (χ3v) is 3.87. The van der Waals surface area contributed by atoms with Gasteiger partial charge in [0.2, 0.25) is 0 Å². The van der Waals surface area contributed by atoms with Crippen LogP contribution in [-0.2, 0) is 4.74 Å². The second-order valence-corrected chi connectivity index (χ2v) is 5.69. The molecule has 0 bridgehead atoms. The number of halogens is 1. The molecule has 1 aliphatic heterocycles. The quantitative estimate of drug-likeness (QED) is 0.905. The number of nitrogens with one attached hydrogen (secondary N) is 1. The first-order valence-electron chi connectivity index (χ1n) is 7.00. The zero-order chi connectivity index (χ0) is 14.5. The topological polar surface area (TPSA) is 33.7 Å². The van der Waals surface area contributed by atoms with E-state index in [0.717, 1.165) is 36.0 Å². The van der Waals surface area contributed by atoms with Crippen LogP contribution in [0.1, 0.15) is 18.5 Å². The lowest BCUT2D eigenvalue weighted by molar-refractivity contribution is -0.0405. The molecule has 1 aromatic rings. The van der Waals surface area contributed by atoms with Crippen molar-refractivity contribution >= 4 is 11.6 Å². The van der Waals surface area contributed by atoms with Gasteiger partial charge in [-0.05, 0) is 39.2 Å². The highest BCUT2D eigenvalue weighted by molar-refractivity contribution is 6.30. The molecular formula is C15H23ClN2O2. The molecule has 0 aromatic heterocycles. The number of hydrogen-bond acceptors (Lipinski definition) is 4. The summed E-state index contributed by atoms with van der Waals surface area (Å²) in [5.41, 5.74) is 1.07. The zero-order valence-electron chi connectivity index (χ0n) is 12.4. The Hall–Kier alpha value is -0.810. The van der Waals surface area contributed by atoms with E-state index in [0.29, 0.717) is 6.61 Å². The fourth-order valence-corrected chi connectivity index (χ4v) is 2.48. The standard InChI is InChI=1S/C15H23ClN2O2/c1-11(17-2)14-8-12(16)4-5-15(14)20-10-13-9-18(3)6-7-19-13/h4-5,8,11,13,17H,6-7,9-10H2,1-3H3. The predicted molar refractivity (Wildman–Crippen MR) is 81.7 cm³/mol. The van der Waals surface area contributed by atoms with Crippen LogP contribution in [0.25, 0.3) is 0 Å². The van der Waals surface area contributed by atoms with Gasteiger partial charge in [0.15, 0.2) is 0 Å². The fourth-order valence-electron chi connectivity index (χ4n) is 2.30. The first-order valence-corrected chi connectivity index (χ1v) is 7.37. The maximum absolute atomic E-state index is 6.07. The van der Waals surface area contributed by atoms with Gasteiger partial charge in [-0.25, -0.2) is 0 Å². The van der Waals surface area contributed by atoms with Crippen LogP contribution in [0.2, 0.25) is 5.02 Å². The van der Waals surface area contributed by atoms with Gasteiger partial charge in [0, 0.05) is 29.7 Å². The van der Waals surface area contributed by atoms with Gasteiger partial charge in [0.25, 0.3) is 0 Å². The highest BCUT2D eigenvalue weighted by Crippen LogP contribution is 2.28. The zero-order valence-corrected chi connectivity index (χ0v) is 13.1. The summed E-state index contributed by atoms with van der Waals surface area (Å²) in [6.07, 6.45) is 0.127. The molecule has 0 aliphatic carbocycles. The molecule has 0 saturated carbocycles. The third-order valence-electron chi connectivity index (χ3n) is 3.64. The van der Waals surface area contributed by atoms with Crippen LogP contribution >= 0.6 is 11.6 Å². The first-order chi connectivity index (χ1) is 9.60. The summed E-state index contributed by atoms with van der Waals surface area (Å²) < 4.78 is 11.7. The van der Waals surface area contributed by atoms with Crippen LogP contribution in [0.5, 0.6) is 5.75 Å². The Morgan fingerprint density at radius 2 is 2.35 bits per heavy atom. The van der Waals surface area contributed by atoms with Gasteiger partial charge in [-0.1, -0.05) is 11.6 Å². The molecule has 112 valence electrons. The van der Waals surface area contributed by atoms with E-state index >= 15 is 0 Å². The molecule has 5 heteroatoms. The largest absolute Gasteiger partial charge is 0.490 e. The normalized spacial score (nSPS) is 21.7. The van der Waals surface area contributed by atoms with E-state index in [1.807, 2.05) is 25.2 Å². The minimum absolute atomic E-state index is 0.127. The lowest BCUT2D eigenvalue weighted by Gasteiger charge is -2.30. The van der Waals surface area contributed by atoms with Crippen molar-refractivity contribution in [3.05, 3.63) is 28.8 Å². The summed E-state index contributed by atoms with van der Waals surface area (Å²) in [5.74, 6) is 0.869. The van der Waals surface area contributed by atoms with Crippen LogP contribution in [0.4, 0.5) is 0 Å². The summed E-state index contributed by atoms with van der Waals surface area (Å²) in [5, 5.41) is 3.94. The van der Waals surface area contributed by atoms with Crippen molar-refractivity contribution in [1.82, 2.24) is 10.2 Å². The van der Waals surface area contributed by atoms with Crippen LogP contribution < -0.4 is 10.1 Å². The second-order valence-electron chi connectivity index (χ2n) is 5.26. The van der Waals surface area contributed by atoms with Crippen molar-refractivity contribution in [3.8, 4) is 5.75 Å². The smallest absolute Gasteiger partial charge is 0.124 e. The monoisotopic (exact) mass is 298 g/mol. The van der Waals surface area contributed by atoms with Gasteiger partial charge in [0.1, 0.15) is 18.5 Å². The van der Waals surface area contributed by atoms with Crippen molar-refractivity contribution in [1.29, 1.82) is 0 Å². The van der Waals surface area contributed by atoms with E-state index in [9.17, 15) is 0 Å². The van der Waals surface area contributed by atoms with Gasteiger partial charge >= 0.3 is 0 Å². The number of benzene rings is 1. The Labute approximate surface area is 126 Å². The minimum atomic E-state index is 0.127. The van der Waals surface area contributed by atoms with Gasteiger partial charge < -0.3 is 19.7 Å². The second kappa shape index (κ2) is 7.27. The summed E-state index contributed by atoms with van der Waals surface area (Å²) in [7, 11) is 4.03. The number of hydrogen-bond donors (Lipinski definition) is 1. The first kappa shape index (κ1) is 15.6. The summed E-state index contributed by atoms with van der Waals surface area (Å²) in [4.78, 5) is 2.26. The van der Waals surface area contributed by atoms with Crippen molar-refractivity contribution in [2.75, 3.05) is 40.4 Å². The Bertz CT molecular complexity index is 442. The molecule has 1 aromatic carbocycles. The van der Waals surface area contributed by atoms with E-state index in [-0.39, 0.29) is 12.1 Å². The average Bonchev–Trinajstić information content (AvgIpc) is 2.45. The molecule has 1 N–H and O–H groups in total. The maximum atomic E-state index is 6.07. The Balaban J connectivity index is 2.01. The molecular weight excluding hydrogens is 276 g/mol. The molecule has 2 atom stereocenters. The van der Waals surface area contributed by atoms with E-state index < -0.39 is 0 Å². The van der Waals surface area contributed by atoms with Crippen molar-refractivity contribution < 1.29 is 9.47 Å². The highest BCUT2D eigenvalue weighted by atomic mass is 35.5. The number of morpholine rings is 1. The maximum Gasteiger partial charge on any atom is 0.124 e. The molecule has 1 saturated heterocycles. The molecule has 2 unspecified atom stereocenters. The van der Waals surface area contributed by atoms with E-state index in [1.54, 1.807) is 0 Å². The van der Waals surface area contributed by atoms with Gasteiger partial charge in [0.05, 0.1) is 6.61 Å². The molecule has 2 rings (SSSR count). The summed E-state index contributed by atoms with van der Waals surface area (Å²) in [6.45, 7) is 5.31. The SMILES string of the molecule is CNC(C)c1cc(Cl)ccc1OCC1CN(C)CCO1.